The average Bonchev–Trinajstić information content (AvgIpc) is 2.46. The van der Waals surface area contributed by atoms with Gasteiger partial charge in [0.25, 0.3) is 0 Å². The smallest absolute Gasteiger partial charge is 0.123 e. The van der Waals surface area contributed by atoms with Crippen LogP contribution >= 0.6 is 0 Å². The van der Waals surface area contributed by atoms with E-state index in [1.54, 1.807) is 14.2 Å². The van der Waals surface area contributed by atoms with Crippen LogP contribution in [-0.2, 0) is 9.47 Å². The molecule has 4 atom stereocenters. The molecule has 0 bridgehead atoms. The number of hydrogen-bond donors (Lipinski definition) is 1. The van der Waals surface area contributed by atoms with Crippen LogP contribution in [0, 0.1) is 0 Å². The first-order valence-corrected chi connectivity index (χ1v) is 7.24. The molecule has 0 saturated heterocycles. The van der Waals surface area contributed by atoms with E-state index >= 15 is 0 Å². The first kappa shape index (κ1) is 15.3. The number of hydrogen-bond acceptors (Lipinski definition) is 4. The fourth-order valence-corrected chi connectivity index (χ4v) is 2.87. The summed E-state index contributed by atoms with van der Waals surface area (Å²) in [6.07, 6.45) is 1.34. The number of methoxy groups -OCH3 is 2. The first-order chi connectivity index (χ1) is 9.71. The van der Waals surface area contributed by atoms with Crippen LogP contribution < -0.4 is 10.1 Å². The van der Waals surface area contributed by atoms with E-state index in [4.69, 9.17) is 14.2 Å². The SMILES string of the molecule is CCOC1CC(N[C@@H](C)c2ccccc2OC)C1OC. The summed E-state index contributed by atoms with van der Waals surface area (Å²) in [5, 5.41) is 3.61. The molecule has 1 saturated carbocycles. The summed E-state index contributed by atoms with van der Waals surface area (Å²) < 4.78 is 16.6. The van der Waals surface area contributed by atoms with Crippen molar-refractivity contribution in [2.24, 2.45) is 0 Å². The highest BCUT2D eigenvalue weighted by Crippen LogP contribution is 2.31. The van der Waals surface area contributed by atoms with Crippen molar-refractivity contribution >= 4 is 0 Å². The monoisotopic (exact) mass is 279 g/mol. The lowest BCUT2D eigenvalue weighted by Gasteiger charge is -2.44. The van der Waals surface area contributed by atoms with E-state index in [0.29, 0.717) is 6.04 Å². The van der Waals surface area contributed by atoms with E-state index in [2.05, 4.69) is 18.3 Å². The number of benzene rings is 1. The van der Waals surface area contributed by atoms with Gasteiger partial charge >= 0.3 is 0 Å². The van der Waals surface area contributed by atoms with Crippen molar-refractivity contribution in [3.8, 4) is 5.75 Å². The van der Waals surface area contributed by atoms with Crippen molar-refractivity contribution in [2.45, 2.75) is 44.6 Å². The molecule has 1 fully saturated rings. The second kappa shape index (κ2) is 7.07. The molecule has 4 heteroatoms. The molecule has 1 N–H and O–H groups in total. The van der Waals surface area contributed by atoms with Crippen molar-refractivity contribution in [1.29, 1.82) is 0 Å². The summed E-state index contributed by atoms with van der Waals surface area (Å²) in [5.74, 6) is 0.919. The van der Waals surface area contributed by atoms with Crippen LogP contribution in [0.1, 0.15) is 31.9 Å². The molecule has 0 aliphatic heterocycles. The largest absolute Gasteiger partial charge is 0.496 e. The maximum atomic E-state index is 5.65. The van der Waals surface area contributed by atoms with E-state index in [0.717, 1.165) is 18.8 Å². The lowest BCUT2D eigenvalue weighted by atomic mass is 9.84. The van der Waals surface area contributed by atoms with Crippen molar-refractivity contribution < 1.29 is 14.2 Å². The third-order valence-corrected chi connectivity index (χ3v) is 3.97. The Labute approximate surface area is 121 Å². The molecule has 1 aromatic rings. The van der Waals surface area contributed by atoms with Crippen LogP contribution in [0.3, 0.4) is 0 Å². The normalized spacial score (nSPS) is 26.9. The van der Waals surface area contributed by atoms with Gasteiger partial charge in [0.05, 0.1) is 19.3 Å². The molecule has 0 heterocycles. The number of rotatable bonds is 7. The molecule has 0 spiro atoms. The first-order valence-electron chi connectivity index (χ1n) is 7.24. The van der Waals surface area contributed by atoms with Gasteiger partial charge < -0.3 is 19.5 Å². The van der Waals surface area contributed by atoms with Gasteiger partial charge in [0.1, 0.15) is 5.75 Å². The molecular formula is C16H25NO3. The zero-order valence-electron chi connectivity index (χ0n) is 12.8. The van der Waals surface area contributed by atoms with E-state index < -0.39 is 0 Å². The van der Waals surface area contributed by atoms with Crippen molar-refractivity contribution in [3.05, 3.63) is 29.8 Å². The van der Waals surface area contributed by atoms with Crippen molar-refractivity contribution in [1.82, 2.24) is 5.32 Å². The van der Waals surface area contributed by atoms with Crippen LogP contribution in [-0.4, -0.2) is 39.1 Å². The molecule has 3 unspecified atom stereocenters. The number of para-hydroxylation sites is 1. The van der Waals surface area contributed by atoms with Gasteiger partial charge in [-0.15, -0.1) is 0 Å². The lowest BCUT2D eigenvalue weighted by Crippen LogP contribution is -2.60. The Kier molecular flexibility index (Phi) is 5.40. The highest BCUT2D eigenvalue weighted by molar-refractivity contribution is 5.35. The molecule has 112 valence electrons. The lowest BCUT2D eigenvalue weighted by molar-refractivity contribution is -0.133. The van der Waals surface area contributed by atoms with Crippen LogP contribution in [0.2, 0.25) is 0 Å². The molecule has 4 nitrogen and oxygen atoms in total. The highest BCUT2D eigenvalue weighted by atomic mass is 16.5. The quantitative estimate of drug-likeness (QED) is 0.832. The summed E-state index contributed by atoms with van der Waals surface area (Å²) in [7, 11) is 3.45. The van der Waals surface area contributed by atoms with E-state index in [1.807, 2.05) is 25.1 Å². The van der Waals surface area contributed by atoms with E-state index in [-0.39, 0.29) is 18.2 Å². The van der Waals surface area contributed by atoms with Gasteiger partial charge in [0, 0.05) is 31.4 Å². The second-order valence-electron chi connectivity index (χ2n) is 5.17. The standard InChI is InChI=1S/C16H25NO3/c1-5-20-15-10-13(16(15)19-4)17-11(2)12-8-6-7-9-14(12)18-3/h6-9,11,13,15-17H,5,10H2,1-4H3/t11-,13?,15?,16?/m0/s1. The summed E-state index contributed by atoms with van der Waals surface area (Å²) >= 11 is 0. The van der Waals surface area contributed by atoms with Gasteiger partial charge in [-0.05, 0) is 26.3 Å². The molecule has 1 aromatic carbocycles. The Balaban J connectivity index is 1.96. The zero-order valence-corrected chi connectivity index (χ0v) is 12.8. The molecule has 0 aromatic heterocycles. The van der Waals surface area contributed by atoms with Crippen molar-refractivity contribution in [2.75, 3.05) is 20.8 Å². The Morgan fingerprint density at radius 2 is 2.05 bits per heavy atom. The second-order valence-corrected chi connectivity index (χ2v) is 5.17. The maximum Gasteiger partial charge on any atom is 0.123 e. The minimum absolute atomic E-state index is 0.132. The van der Waals surface area contributed by atoms with Crippen molar-refractivity contribution in [3.63, 3.8) is 0 Å². The van der Waals surface area contributed by atoms with Gasteiger partial charge in [-0.3, -0.25) is 0 Å². The molecule has 20 heavy (non-hydrogen) atoms. The Hall–Kier alpha value is -1.10. The van der Waals surface area contributed by atoms with Gasteiger partial charge in [-0.1, -0.05) is 18.2 Å². The third kappa shape index (κ3) is 3.14. The van der Waals surface area contributed by atoms with E-state index in [1.165, 1.54) is 5.56 Å². The Morgan fingerprint density at radius 3 is 2.70 bits per heavy atom. The Morgan fingerprint density at radius 1 is 1.30 bits per heavy atom. The summed E-state index contributed by atoms with van der Waals surface area (Å²) in [5.41, 5.74) is 1.17. The molecule has 1 aliphatic rings. The van der Waals surface area contributed by atoms with Gasteiger partial charge in [-0.25, -0.2) is 0 Å². The van der Waals surface area contributed by atoms with Gasteiger partial charge in [0.2, 0.25) is 0 Å². The molecule has 2 rings (SSSR count). The predicted molar refractivity (Wildman–Crippen MR) is 79.2 cm³/mol. The highest BCUT2D eigenvalue weighted by Gasteiger charge is 2.42. The van der Waals surface area contributed by atoms with Crippen LogP contribution in [0.4, 0.5) is 0 Å². The molecule has 0 amide bonds. The minimum atomic E-state index is 0.132. The van der Waals surface area contributed by atoms with Gasteiger partial charge in [-0.2, -0.15) is 0 Å². The van der Waals surface area contributed by atoms with Crippen LogP contribution in [0.25, 0.3) is 0 Å². The predicted octanol–water partition coefficient (Wildman–Crippen LogP) is 2.54. The van der Waals surface area contributed by atoms with Crippen LogP contribution in [0.15, 0.2) is 24.3 Å². The zero-order chi connectivity index (χ0) is 14.5. The fraction of sp³-hybridized carbons (Fsp3) is 0.625. The topological polar surface area (TPSA) is 39.7 Å². The van der Waals surface area contributed by atoms with E-state index in [9.17, 15) is 0 Å². The average molecular weight is 279 g/mol. The summed E-state index contributed by atoms with van der Waals surface area (Å²) in [6, 6.07) is 8.66. The summed E-state index contributed by atoms with van der Waals surface area (Å²) in [4.78, 5) is 0. The van der Waals surface area contributed by atoms with Crippen LogP contribution in [0.5, 0.6) is 5.75 Å². The van der Waals surface area contributed by atoms with Gasteiger partial charge in [0.15, 0.2) is 0 Å². The maximum absolute atomic E-state index is 5.65. The Bertz CT molecular complexity index is 424. The third-order valence-electron chi connectivity index (χ3n) is 3.97. The molecular weight excluding hydrogens is 254 g/mol. The fourth-order valence-electron chi connectivity index (χ4n) is 2.87. The number of ether oxygens (including phenoxy) is 3. The number of nitrogens with one attached hydrogen (secondary N) is 1. The summed E-state index contributed by atoms with van der Waals surface area (Å²) in [6.45, 7) is 4.91. The molecule has 1 aliphatic carbocycles. The minimum Gasteiger partial charge on any atom is -0.496 e. The molecule has 0 radical (unpaired) electrons.